The van der Waals surface area contributed by atoms with Crippen LogP contribution in [0, 0.1) is 0 Å². The van der Waals surface area contributed by atoms with Crippen molar-refractivity contribution in [1.82, 2.24) is 9.80 Å². The third-order valence-corrected chi connectivity index (χ3v) is 14.7. The molecule has 0 aromatic heterocycles. The molecular weight excluding hydrogens is 885 g/mol. The lowest BCUT2D eigenvalue weighted by Crippen LogP contribution is -2.37. The minimum Gasteiger partial charge on any atom is -0.462 e. The molecule has 0 heterocycles. The van der Waals surface area contributed by atoms with Crippen molar-refractivity contribution in [3.63, 3.8) is 0 Å². The number of unbranched alkanes of at least 4 members (excludes halogenated alkanes) is 25. The number of methoxy groups -OCH3 is 1. The number of carbonyl (C=O) groups is 3. The van der Waals surface area contributed by atoms with E-state index in [4.69, 9.17) is 18.9 Å². The Morgan fingerprint density at radius 2 is 0.620 bits per heavy atom. The summed E-state index contributed by atoms with van der Waals surface area (Å²) in [5.41, 5.74) is 0. The zero-order valence-electron chi connectivity index (χ0n) is 48.8. The van der Waals surface area contributed by atoms with E-state index in [2.05, 4.69) is 53.6 Å². The van der Waals surface area contributed by atoms with Gasteiger partial charge in [-0.25, -0.2) is 4.79 Å². The summed E-state index contributed by atoms with van der Waals surface area (Å²) in [6, 6.07) is 0. The van der Waals surface area contributed by atoms with Crippen molar-refractivity contribution in [3.05, 3.63) is 0 Å². The molecule has 422 valence electrons. The Kier molecular flexibility index (Phi) is 51.6. The van der Waals surface area contributed by atoms with Gasteiger partial charge in [-0.2, -0.15) is 0 Å². The molecular formula is C62H122N2O7. The average Bonchev–Trinajstić information content (AvgIpc) is 3.35. The van der Waals surface area contributed by atoms with Crippen molar-refractivity contribution in [2.75, 3.05) is 40.8 Å². The van der Waals surface area contributed by atoms with Gasteiger partial charge < -0.3 is 28.7 Å². The molecule has 1 atom stereocenters. The van der Waals surface area contributed by atoms with Crippen molar-refractivity contribution < 1.29 is 33.3 Å². The van der Waals surface area contributed by atoms with Crippen LogP contribution >= 0.6 is 0 Å². The van der Waals surface area contributed by atoms with Gasteiger partial charge in [-0.05, 0) is 136 Å². The molecule has 1 unspecified atom stereocenters. The maximum absolute atomic E-state index is 13.9. The van der Waals surface area contributed by atoms with Crippen LogP contribution in [0.5, 0.6) is 0 Å². The van der Waals surface area contributed by atoms with Gasteiger partial charge in [-0.3, -0.25) is 9.59 Å². The molecule has 0 bridgehead atoms. The van der Waals surface area contributed by atoms with Crippen LogP contribution in [0.4, 0.5) is 4.79 Å². The molecule has 0 aliphatic rings. The first-order valence-corrected chi connectivity index (χ1v) is 31.2. The van der Waals surface area contributed by atoms with Crippen LogP contribution < -0.4 is 0 Å². The molecule has 0 aromatic rings. The van der Waals surface area contributed by atoms with Gasteiger partial charge in [0.05, 0.1) is 6.10 Å². The summed E-state index contributed by atoms with van der Waals surface area (Å²) in [5, 5.41) is 0. The lowest BCUT2D eigenvalue weighted by Gasteiger charge is -2.26. The fraction of sp³-hybridized carbons (Fsp3) is 0.952. The number of rotatable bonds is 55. The number of hydrogen-bond acceptors (Lipinski definition) is 8. The van der Waals surface area contributed by atoms with Crippen LogP contribution in [0.1, 0.15) is 317 Å². The standard InChI is InChI=1S/C62H122N2O7/c1-9-14-19-32-45-57(46-33-20-15-10-2)69-60(65)51-39-29-25-23-27-36-49-59(71-62(67)64(55-42-53-63(6)7)54-41-31-38-44-56(68-8)43-18-13-5)50-37-28-24-26-30-40-52-61(66)70-58(47-34-21-16-11-3)48-35-22-17-12-4/h56-59H,9-55H2,1-8H3. The van der Waals surface area contributed by atoms with E-state index in [9.17, 15) is 14.4 Å². The van der Waals surface area contributed by atoms with Gasteiger partial charge in [-0.15, -0.1) is 0 Å². The molecule has 71 heavy (non-hydrogen) atoms. The largest absolute Gasteiger partial charge is 0.462 e. The van der Waals surface area contributed by atoms with Crippen LogP contribution in [0.15, 0.2) is 0 Å². The molecule has 0 spiro atoms. The number of hydrogen-bond donors (Lipinski definition) is 0. The zero-order valence-corrected chi connectivity index (χ0v) is 48.8. The molecule has 0 N–H and O–H groups in total. The van der Waals surface area contributed by atoms with Crippen LogP contribution in [0.3, 0.4) is 0 Å². The normalized spacial score (nSPS) is 12.2. The van der Waals surface area contributed by atoms with Gasteiger partial charge in [0.25, 0.3) is 0 Å². The van der Waals surface area contributed by atoms with Crippen molar-refractivity contribution in [2.45, 2.75) is 342 Å². The van der Waals surface area contributed by atoms with Crippen LogP contribution in [0.25, 0.3) is 0 Å². The van der Waals surface area contributed by atoms with E-state index < -0.39 is 0 Å². The number of carbonyl (C=O) groups excluding carboxylic acids is 3. The first-order valence-electron chi connectivity index (χ1n) is 31.2. The maximum atomic E-state index is 13.9. The minimum absolute atomic E-state index is 0.00598. The average molecular weight is 1010 g/mol. The number of amides is 1. The van der Waals surface area contributed by atoms with E-state index in [1.165, 1.54) is 89.9 Å². The SMILES string of the molecule is CCCCCCC(CCCCCC)OC(=O)CCCCCCCCC(CCCCCCCCC(=O)OC(CCCCCC)CCCCCC)OC(=O)N(CCCCCC(CCCC)OC)CCCN(C)C. The smallest absolute Gasteiger partial charge is 0.410 e. The van der Waals surface area contributed by atoms with Crippen molar-refractivity contribution in [2.24, 2.45) is 0 Å². The lowest BCUT2D eigenvalue weighted by atomic mass is 10.0. The molecule has 0 aliphatic heterocycles. The van der Waals surface area contributed by atoms with E-state index in [-0.39, 0.29) is 36.3 Å². The second-order valence-electron chi connectivity index (χ2n) is 21.9. The van der Waals surface area contributed by atoms with Crippen LogP contribution in [-0.4, -0.2) is 93.1 Å². The highest BCUT2D eigenvalue weighted by Gasteiger charge is 2.21. The summed E-state index contributed by atoms with van der Waals surface area (Å²) < 4.78 is 24.2. The summed E-state index contributed by atoms with van der Waals surface area (Å²) in [5.74, 6) is -0.0120. The molecule has 0 saturated heterocycles. The first-order chi connectivity index (χ1) is 34.6. The third kappa shape index (κ3) is 46.4. The second-order valence-corrected chi connectivity index (χ2v) is 21.9. The van der Waals surface area contributed by atoms with Crippen molar-refractivity contribution in [1.29, 1.82) is 0 Å². The van der Waals surface area contributed by atoms with Crippen molar-refractivity contribution in [3.8, 4) is 0 Å². The number of esters is 2. The highest BCUT2D eigenvalue weighted by molar-refractivity contribution is 5.70. The molecule has 0 radical (unpaired) electrons. The molecule has 9 nitrogen and oxygen atoms in total. The van der Waals surface area contributed by atoms with Crippen molar-refractivity contribution >= 4 is 18.0 Å². The molecule has 0 saturated carbocycles. The second kappa shape index (κ2) is 53.0. The zero-order chi connectivity index (χ0) is 52.3. The Hall–Kier alpha value is -1.87. The Labute approximate surface area is 441 Å². The molecule has 0 rings (SSSR count). The fourth-order valence-corrected chi connectivity index (χ4v) is 9.92. The maximum Gasteiger partial charge on any atom is 0.410 e. The summed E-state index contributed by atoms with van der Waals surface area (Å²) in [7, 11) is 6.02. The Bertz CT molecular complexity index is 1070. The summed E-state index contributed by atoms with van der Waals surface area (Å²) in [4.78, 5) is 43.8. The monoisotopic (exact) mass is 1010 g/mol. The Balaban J connectivity index is 5.18. The topological polar surface area (TPSA) is 94.6 Å². The van der Waals surface area contributed by atoms with E-state index in [0.29, 0.717) is 18.9 Å². The van der Waals surface area contributed by atoms with Gasteiger partial charge >= 0.3 is 18.0 Å². The third-order valence-electron chi connectivity index (χ3n) is 14.7. The summed E-state index contributed by atoms with van der Waals surface area (Å²) in [6.07, 6.45) is 48.2. The van der Waals surface area contributed by atoms with E-state index >= 15 is 0 Å². The van der Waals surface area contributed by atoms with E-state index in [0.717, 1.165) is 199 Å². The molecule has 0 fully saturated rings. The molecule has 0 aromatic carbocycles. The van der Waals surface area contributed by atoms with Crippen LogP contribution in [0.2, 0.25) is 0 Å². The lowest BCUT2D eigenvalue weighted by molar-refractivity contribution is -0.151. The van der Waals surface area contributed by atoms with Gasteiger partial charge in [-0.1, -0.05) is 189 Å². The summed E-state index contributed by atoms with van der Waals surface area (Å²) >= 11 is 0. The summed E-state index contributed by atoms with van der Waals surface area (Å²) in [6.45, 7) is 13.6. The van der Waals surface area contributed by atoms with Gasteiger partial charge in [0.1, 0.15) is 18.3 Å². The van der Waals surface area contributed by atoms with E-state index in [1.807, 2.05) is 12.0 Å². The van der Waals surface area contributed by atoms with Gasteiger partial charge in [0, 0.05) is 33.0 Å². The number of nitrogens with zero attached hydrogens (tertiary/aromatic N) is 2. The highest BCUT2D eigenvalue weighted by Crippen LogP contribution is 2.22. The van der Waals surface area contributed by atoms with Crippen LogP contribution in [-0.2, 0) is 28.5 Å². The molecule has 1 amide bonds. The van der Waals surface area contributed by atoms with E-state index in [1.54, 1.807) is 0 Å². The number of ether oxygens (including phenoxy) is 4. The Morgan fingerprint density at radius 1 is 0.324 bits per heavy atom. The minimum atomic E-state index is -0.140. The predicted molar refractivity (Wildman–Crippen MR) is 302 cm³/mol. The first kappa shape index (κ1) is 69.1. The highest BCUT2D eigenvalue weighted by atomic mass is 16.6. The van der Waals surface area contributed by atoms with Gasteiger partial charge in [0.2, 0.25) is 0 Å². The molecule has 9 heteroatoms. The quantitative estimate of drug-likeness (QED) is 0.0338. The van der Waals surface area contributed by atoms with Gasteiger partial charge in [0.15, 0.2) is 0 Å². The fourth-order valence-electron chi connectivity index (χ4n) is 9.92. The molecule has 0 aliphatic carbocycles. The predicted octanol–water partition coefficient (Wildman–Crippen LogP) is 18.5. The Morgan fingerprint density at radius 3 is 0.986 bits per heavy atom.